The molecule has 1 heterocycles. The normalized spacial score (nSPS) is 10.5. The van der Waals surface area contributed by atoms with Gasteiger partial charge in [0.2, 0.25) is 5.78 Å². The molecule has 2 aromatic carbocycles. The zero-order chi connectivity index (χ0) is 23.4. The topological polar surface area (TPSA) is 103 Å². The fourth-order valence-electron chi connectivity index (χ4n) is 3.44. The van der Waals surface area contributed by atoms with Crippen LogP contribution >= 0.6 is 0 Å². The fraction of sp³-hybridized carbons (Fsp3) is 0.200. The molecule has 3 rings (SSSR count). The third kappa shape index (κ3) is 4.51. The molecule has 3 aromatic rings. The number of aromatic nitrogens is 1. The van der Waals surface area contributed by atoms with E-state index in [1.807, 2.05) is 19.1 Å². The summed E-state index contributed by atoms with van der Waals surface area (Å²) >= 11 is 0. The number of ketones is 2. The van der Waals surface area contributed by atoms with E-state index in [9.17, 15) is 19.2 Å². The number of methoxy groups -OCH3 is 1. The van der Waals surface area contributed by atoms with Crippen molar-refractivity contribution in [3.05, 3.63) is 93.3 Å². The highest BCUT2D eigenvalue weighted by atomic mass is 16.5. The monoisotopic (exact) mass is 433 g/mol. The van der Waals surface area contributed by atoms with E-state index >= 15 is 0 Å². The van der Waals surface area contributed by atoms with Crippen LogP contribution in [0.4, 0.5) is 0 Å². The van der Waals surface area contributed by atoms with Gasteiger partial charge in [0.05, 0.1) is 23.9 Å². The molecule has 0 amide bonds. The zero-order valence-corrected chi connectivity index (χ0v) is 18.3. The predicted octanol–water partition coefficient (Wildman–Crippen LogP) is 4.00. The minimum Gasteiger partial charge on any atom is -0.465 e. The molecule has 1 N–H and O–H groups in total. The number of rotatable bonds is 7. The zero-order valence-electron chi connectivity index (χ0n) is 18.3. The van der Waals surface area contributed by atoms with Gasteiger partial charge in [0.15, 0.2) is 12.4 Å². The lowest BCUT2D eigenvalue weighted by atomic mass is 9.98. The van der Waals surface area contributed by atoms with Crippen LogP contribution in [0.1, 0.15) is 63.9 Å². The summed E-state index contributed by atoms with van der Waals surface area (Å²) in [5.41, 5.74) is 3.06. The van der Waals surface area contributed by atoms with E-state index in [0.717, 1.165) is 5.56 Å². The first-order chi connectivity index (χ1) is 15.2. The molecule has 0 aliphatic carbocycles. The molecule has 7 heteroatoms. The molecule has 0 atom stereocenters. The quantitative estimate of drug-likeness (QED) is 0.446. The Morgan fingerprint density at radius 1 is 0.844 bits per heavy atom. The molecule has 0 radical (unpaired) electrons. The standard InChI is InChI=1S/C25H23NO6/c1-14-9-11-17(12-10-14)23(28)18-7-5-6-8-19(18)24(29)32-13-20(27)22-15(2)21(16(3)26-22)25(30)31-4/h5-12,26H,13H2,1-4H3. The molecule has 1 aromatic heterocycles. The van der Waals surface area contributed by atoms with Crippen molar-refractivity contribution in [1.29, 1.82) is 0 Å². The largest absolute Gasteiger partial charge is 0.465 e. The van der Waals surface area contributed by atoms with Crippen molar-refractivity contribution in [2.75, 3.05) is 13.7 Å². The molecule has 0 saturated heterocycles. The lowest BCUT2D eigenvalue weighted by Crippen LogP contribution is -2.18. The average Bonchev–Trinajstić information content (AvgIpc) is 3.10. The van der Waals surface area contributed by atoms with Crippen molar-refractivity contribution in [2.24, 2.45) is 0 Å². The number of benzene rings is 2. The van der Waals surface area contributed by atoms with Gasteiger partial charge >= 0.3 is 11.9 Å². The van der Waals surface area contributed by atoms with Gasteiger partial charge in [0, 0.05) is 16.8 Å². The number of H-pyrrole nitrogens is 1. The van der Waals surface area contributed by atoms with Crippen molar-refractivity contribution in [2.45, 2.75) is 20.8 Å². The van der Waals surface area contributed by atoms with Gasteiger partial charge in [-0.3, -0.25) is 9.59 Å². The number of carbonyl (C=O) groups is 4. The summed E-state index contributed by atoms with van der Waals surface area (Å²) in [6, 6.07) is 13.3. The number of nitrogens with one attached hydrogen (secondary N) is 1. The number of aromatic amines is 1. The number of esters is 2. The van der Waals surface area contributed by atoms with E-state index in [-0.39, 0.29) is 28.2 Å². The maximum Gasteiger partial charge on any atom is 0.339 e. The highest BCUT2D eigenvalue weighted by Gasteiger charge is 2.24. The lowest BCUT2D eigenvalue weighted by Gasteiger charge is -2.09. The second kappa shape index (κ2) is 9.43. The molecule has 32 heavy (non-hydrogen) atoms. The Labute approximate surface area is 185 Å². The molecular weight excluding hydrogens is 410 g/mol. The van der Waals surface area contributed by atoms with Gasteiger partial charge < -0.3 is 14.5 Å². The van der Waals surface area contributed by atoms with Crippen molar-refractivity contribution in [1.82, 2.24) is 4.98 Å². The number of hydrogen-bond acceptors (Lipinski definition) is 6. The molecule has 0 fully saturated rings. The fourth-order valence-corrected chi connectivity index (χ4v) is 3.44. The van der Waals surface area contributed by atoms with E-state index in [4.69, 9.17) is 9.47 Å². The van der Waals surface area contributed by atoms with Gasteiger partial charge in [-0.15, -0.1) is 0 Å². The van der Waals surface area contributed by atoms with Crippen LogP contribution in [0.15, 0.2) is 48.5 Å². The minimum atomic E-state index is -0.788. The Morgan fingerprint density at radius 3 is 2.09 bits per heavy atom. The predicted molar refractivity (Wildman–Crippen MR) is 117 cm³/mol. The van der Waals surface area contributed by atoms with Crippen LogP contribution in [0.25, 0.3) is 0 Å². The minimum absolute atomic E-state index is 0.0699. The molecule has 0 aliphatic rings. The summed E-state index contributed by atoms with van der Waals surface area (Å²) in [6.07, 6.45) is 0. The molecule has 0 aliphatic heterocycles. The maximum absolute atomic E-state index is 12.9. The van der Waals surface area contributed by atoms with Crippen molar-refractivity contribution >= 4 is 23.5 Å². The summed E-state index contributed by atoms with van der Waals surface area (Å²) in [5, 5.41) is 0. The summed E-state index contributed by atoms with van der Waals surface area (Å²) in [5.74, 6) is -2.17. The molecule has 164 valence electrons. The first kappa shape index (κ1) is 22.7. The molecule has 0 unspecified atom stereocenters. The smallest absolute Gasteiger partial charge is 0.339 e. The number of carbonyl (C=O) groups excluding carboxylic acids is 4. The number of hydrogen-bond donors (Lipinski definition) is 1. The summed E-state index contributed by atoms with van der Waals surface area (Å²) in [6.45, 7) is 4.63. The third-order valence-electron chi connectivity index (χ3n) is 5.15. The first-order valence-electron chi connectivity index (χ1n) is 9.92. The van der Waals surface area contributed by atoms with E-state index in [1.54, 1.807) is 44.2 Å². The van der Waals surface area contributed by atoms with Crippen LogP contribution in [0.3, 0.4) is 0 Å². The lowest BCUT2D eigenvalue weighted by molar-refractivity contribution is 0.0471. The average molecular weight is 433 g/mol. The van der Waals surface area contributed by atoms with E-state index in [2.05, 4.69) is 4.98 Å². The van der Waals surface area contributed by atoms with Crippen LogP contribution in [0.2, 0.25) is 0 Å². The number of Topliss-reactive ketones (excluding diaryl/α,β-unsaturated/α-hetero) is 1. The highest BCUT2D eigenvalue weighted by molar-refractivity contribution is 6.14. The first-order valence-corrected chi connectivity index (χ1v) is 9.92. The van der Waals surface area contributed by atoms with Crippen molar-refractivity contribution in [3.8, 4) is 0 Å². The Bertz CT molecular complexity index is 1200. The van der Waals surface area contributed by atoms with Crippen molar-refractivity contribution < 1.29 is 28.7 Å². The SMILES string of the molecule is COC(=O)c1c(C)[nH]c(C(=O)COC(=O)c2ccccc2C(=O)c2ccc(C)cc2)c1C. The van der Waals surface area contributed by atoms with Crippen LogP contribution in [0, 0.1) is 20.8 Å². The van der Waals surface area contributed by atoms with E-state index in [0.29, 0.717) is 16.8 Å². The Hall–Kier alpha value is -4.00. The Balaban J connectivity index is 1.78. The maximum atomic E-state index is 12.9. The Morgan fingerprint density at radius 2 is 1.47 bits per heavy atom. The van der Waals surface area contributed by atoms with Crippen molar-refractivity contribution in [3.63, 3.8) is 0 Å². The van der Waals surface area contributed by atoms with Crippen LogP contribution in [0.5, 0.6) is 0 Å². The van der Waals surface area contributed by atoms with Gasteiger partial charge in [0.1, 0.15) is 0 Å². The molecule has 0 bridgehead atoms. The van der Waals surface area contributed by atoms with Crippen LogP contribution in [-0.4, -0.2) is 42.2 Å². The third-order valence-corrected chi connectivity index (χ3v) is 5.15. The van der Waals surface area contributed by atoms with E-state index < -0.39 is 24.3 Å². The van der Waals surface area contributed by atoms with E-state index in [1.165, 1.54) is 13.2 Å². The van der Waals surface area contributed by atoms with Gasteiger partial charge in [-0.2, -0.15) is 0 Å². The second-order valence-corrected chi connectivity index (χ2v) is 7.36. The van der Waals surface area contributed by atoms with Gasteiger partial charge in [-0.05, 0) is 32.4 Å². The van der Waals surface area contributed by atoms with Gasteiger partial charge in [-0.25, -0.2) is 9.59 Å². The number of aryl methyl sites for hydroxylation is 2. The van der Waals surface area contributed by atoms with Gasteiger partial charge in [-0.1, -0.05) is 48.0 Å². The van der Waals surface area contributed by atoms with Crippen LogP contribution < -0.4 is 0 Å². The molecule has 0 saturated carbocycles. The molecule has 7 nitrogen and oxygen atoms in total. The number of ether oxygens (including phenoxy) is 2. The van der Waals surface area contributed by atoms with Gasteiger partial charge in [0.25, 0.3) is 0 Å². The molecule has 0 spiro atoms. The summed E-state index contributed by atoms with van der Waals surface area (Å²) in [7, 11) is 1.26. The summed E-state index contributed by atoms with van der Waals surface area (Å²) in [4.78, 5) is 53.0. The second-order valence-electron chi connectivity index (χ2n) is 7.36. The van der Waals surface area contributed by atoms with Crippen LogP contribution in [-0.2, 0) is 9.47 Å². The summed E-state index contributed by atoms with van der Waals surface area (Å²) < 4.78 is 9.94. The molecular formula is C25H23NO6. The highest BCUT2D eigenvalue weighted by Crippen LogP contribution is 2.20. The Kier molecular flexibility index (Phi) is 6.68.